The van der Waals surface area contributed by atoms with Crippen molar-refractivity contribution in [2.45, 2.75) is 158 Å². The number of nitrogens with one attached hydrogen (secondary N) is 1. The number of nitrogens with two attached hydrogens (primary N) is 2. The van der Waals surface area contributed by atoms with Crippen LogP contribution in [0.3, 0.4) is 0 Å². The molecule has 4 aliphatic carbocycles. The van der Waals surface area contributed by atoms with E-state index in [2.05, 4.69) is 19.2 Å². The standard InChI is InChI=1S/C24H40O2.C7H19N3.3C2H6.CH2O/c1-23-15-5-4-7-17(23)10-12-19-20-13-11-18(8-6-9-22(25)26-3)24(20,2)16-14-21(19)23;8-4-1-2-6-10-7-3-5-9;4*1-2/h17-21H,4-16H2,1-3H3;10H,1-9H2;3*1-2H3;1H2/t17-,18-,19?,20?,21?,23-,24+;;;;;/m0...../s1. The van der Waals surface area contributed by atoms with E-state index in [-0.39, 0.29) is 5.97 Å². The van der Waals surface area contributed by atoms with Crippen LogP contribution in [0.1, 0.15) is 158 Å². The largest absolute Gasteiger partial charge is 0.469 e. The summed E-state index contributed by atoms with van der Waals surface area (Å²) in [6.45, 7) is 23.0. The first-order chi connectivity index (χ1) is 21.4. The Balaban J connectivity index is 0. The maximum Gasteiger partial charge on any atom is 0.305 e. The van der Waals surface area contributed by atoms with E-state index >= 15 is 0 Å². The Morgan fingerprint density at radius 3 is 1.98 bits per heavy atom. The summed E-state index contributed by atoms with van der Waals surface area (Å²) in [5.41, 5.74) is 11.8. The molecule has 0 aliphatic heterocycles. The first-order valence-electron chi connectivity index (χ1n) is 18.9. The summed E-state index contributed by atoms with van der Waals surface area (Å²) in [6.07, 6.45) is 21.1. The van der Waals surface area contributed by atoms with Crippen LogP contribution >= 0.6 is 0 Å². The molecule has 0 saturated heterocycles. The summed E-state index contributed by atoms with van der Waals surface area (Å²) in [7, 11) is 1.51. The molecule has 264 valence electrons. The zero-order chi connectivity index (χ0) is 34.0. The summed E-state index contributed by atoms with van der Waals surface area (Å²) >= 11 is 0. The van der Waals surface area contributed by atoms with Gasteiger partial charge in [-0.1, -0.05) is 68.2 Å². The topological polar surface area (TPSA) is 107 Å². The van der Waals surface area contributed by atoms with Gasteiger partial charge in [-0.15, -0.1) is 0 Å². The first-order valence-corrected chi connectivity index (χ1v) is 18.9. The van der Waals surface area contributed by atoms with Gasteiger partial charge in [-0.05, 0) is 150 Å². The molecule has 7 atom stereocenters. The average Bonchev–Trinajstić information content (AvgIpc) is 3.42. The van der Waals surface area contributed by atoms with E-state index in [1.807, 2.05) is 48.3 Å². The SMILES string of the molecule is C=O.CC.CC.CC.COC(=O)CCC[C@H]1CCC2C3CC[C@@H]4CCCC[C@]4(C)C3CC[C@@]21C.NCCCCNCCCN. The van der Waals surface area contributed by atoms with Crippen molar-refractivity contribution >= 4 is 12.8 Å². The highest BCUT2D eigenvalue weighted by molar-refractivity contribution is 5.68. The maximum atomic E-state index is 11.5. The fourth-order valence-electron chi connectivity index (χ4n) is 9.22. The van der Waals surface area contributed by atoms with E-state index in [0.29, 0.717) is 17.3 Å². The Bertz CT molecular complexity index is 670. The molecule has 4 saturated carbocycles. The van der Waals surface area contributed by atoms with Gasteiger partial charge in [0.25, 0.3) is 0 Å². The normalized spacial score (nSPS) is 30.9. The molecule has 6 heteroatoms. The van der Waals surface area contributed by atoms with Crippen molar-refractivity contribution < 1.29 is 14.3 Å². The minimum Gasteiger partial charge on any atom is -0.469 e. The number of carbonyl (C=O) groups excluding carboxylic acids is 2. The molecule has 0 bridgehead atoms. The zero-order valence-corrected chi connectivity index (χ0v) is 31.1. The number of fused-ring (bicyclic) bond motifs is 5. The van der Waals surface area contributed by atoms with E-state index in [4.69, 9.17) is 21.0 Å². The van der Waals surface area contributed by atoms with Crippen LogP contribution in [-0.4, -0.2) is 46.0 Å². The van der Waals surface area contributed by atoms with Crippen molar-refractivity contribution in [3.63, 3.8) is 0 Å². The van der Waals surface area contributed by atoms with Gasteiger partial charge in [-0.2, -0.15) is 0 Å². The van der Waals surface area contributed by atoms with E-state index in [1.54, 1.807) is 0 Å². The molecule has 44 heavy (non-hydrogen) atoms. The molecular weight excluding hydrogens is 546 g/mol. The van der Waals surface area contributed by atoms with Gasteiger partial charge in [0.05, 0.1) is 7.11 Å². The zero-order valence-electron chi connectivity index (χ0n) is 31.1. The molecule has 0 aromatic rings. The minimum atomic E-state index is -0.0306. The third kappa shape index (κ3) is 13.4. The summed E-state index contributed by atoms with van der Waals surface area (Å²) in [6, 6.07) is 0. The van der Waals surface area contributed by atoms with Crippen molar-refractivity contribution in [2.75, 3.05) is 33.3 Å². The number of unbranched alkanes of at least 4 members (excludes halogenated alkanes) is 1. The summed E-state index contributed by atoms with van der Waals surface area (Å²) < 4.78 is 4.84. The van der Waals surface area contributed by atoms with Crippen LogP contribution < -0.4 is 16.8 Å². The van der Waals surface area contributed by atoms with Crippen LogP contribution in [0.25, 0.3) is 0 Å². The molecule has 4 aliphatic rings. The van der Waals surface area contributed by atoms with Gasteiger partial charge in [0.15, 0.2) is 0 Å². The van der Waals surface area contributed by atoms with Gasteiger partial charge in [-0.25, -0.2) is 0 Å². The Hall–Kier alpha value is -0.980. The number of hydrogen-bond donors (Lipinski definition) is 3. The van der Waals surface area contributed by atoms with E-state index < -0.39 is 0 Å². The van der Waals surface area contributed by atoms with Crippen molar-refractivity contribution in [3.05, 3.63) is 0 Å². The average molecular weight is 626 g/mol. The van der Waals surface area contributed by atoms with Crippen LogP contribution in [-0.2, 0) is 14.3 Å². The predicted octanol–water partition coefficient (Wildman–Crippen LogP) is 8.94. The number of carbonyl (C=O) groups is 2. The highest BCUT2D eigenvalue weighted by atomic mass is 16.5. The number of esters is 1. The van der Waals surface area contributed by atoms with Gasteiger partial charge < -0.3 is 26.3 Å². The van der Waals surface area contributed by atoms with E-state index in [1.165, 1.54) is 84.2 Å². The highest BCUT2D eigenvalue weighted by Crippen LogP contribution is 2.67. The van der Waals surface area contributed by atoms with Gasteiger partial charge in [0, 0.05) is 6.42 Å². The summed E-state index contributed by atoms with van der Waals surface area (Å²) in [5.74, 6) is 4.81. The third-order valence-corrected chi connectivity index (χ3v) is 11.3. The van der Waals surface area contributed by atoms with Crippen molar-refractivity contribution in [1.29, 1.82) is 0 Å². The molecule has 0 radical (unpaired) electrons. The molecule has 6 nitrogen and oxygen atoms in total. The summed E-state index contributed by atoms with van der Waals surface area (Å²) in [5, 5.41) is 3.29. The van der Waals surface area contributed by atoms with Gasteiger partial charge in [-0.3, -0.25) is 4.79 Å². The van der Waals surface area contributed by atoms with Crippen molar-refractivity contribution in [3.8, 4) is 0 Å². The lowest BCUT2D eigenvalue weighted by Crippen LogP contribution is -2.52. The van der Waals surface area contributed by atoms with Crippen LogP contribution in [0.5, 0.6) is 0 Å². The van der Waals surface area contributed by atoms with Gasteiger partial charge >= 0.3 is 5.97 Å². The fraction of sp³-hybridized carbons (Fsp3) is 0.947. The molecule has 0 aromatic heterocycles. The number of hydrogen-bond acceptors (Lipinski definition) is 6. The second-order valence-corrected chi connectivity index (χ2v) is 13.1. The lowest BCUT2D eigenvalue weighted by Gasteiger charge is -2.60. The summed E-state index contributed by atoms with van der Waals surface area (Å²) in [4.78, 5) is 19.5. The maximum absolute atomic E-state index is 11.5. The molecular formula is C38H79N3O3. The second-order valence-electron chi connectivity index (χ2n) is 13.1. The fourth-order valence-corrected chi connectivity index (χ4v) is 9.22. The Labute approximate surface area is 275 Å². The monoisotopic (exact) mass is 626 g/mol. The molecule has 0 aromatic carbocycles. The van der Waals surface area contributed by atoms with Crippen LogP contribution in [0, 0.1) is 40.4 Å². The lowest BCUT2D eigenvalue weighted by atomic mass is 9.45. The van der Waals surface area contributed by atoms with Crippen LogP contribution in [0.15, 0.2) is 0 Å². The van der Waals surface area contributed by atoms with Gasteiger partial charge in [0.1, 0.15) is 6.79 Å². The first kappa shape index (κ1) is 45.1. The van der Waals surface area contributed by atoms with Crippen LogP contribution in [0.2, 0.25) is 0 Å². The lowest BCUT2D eigenvalue weighted by molar-refractivity contribution is -0.141. The third-order valence-electron chi connectivity index (χ3n) is 11.3. The molecule has 4 fully saturated rings. The van der Waals surface area contributed by atoms with Crippen molar-refractivity contribution in [1.82, 2.24) is 5.32 Å². The minimum absolute atomic E-state index is 0.0306. The smallest absolute Gasteiger partial charge is 0.305 e. The Kier molecular flexibility index (Phi) is 27.9. The van der Waals surface area contributed by atoms with Crippen molar-refractivity contribution in [2.24, 2.45) is 51.9 Å². The molecule has 0 spiro atoms. The predicted molar refractivity (Wildman–Crippen MR) is 192 cm³/mol. The second kappa shape index (κ2) is 27.2. The van der Waals surface area contributed by atoms with E-state index in [9.17, 15) is 4.79 Å². The Morgan fingerprint density at radius 2 is 1.36 bits per heavy atom. The van der Waals surface area contributed by atoms with Gasteiger partial charge in [0.2, 0.25) is 0 Å². The molecule has 0 heterocycles. The highest BCUT2D eigenvalue weighted by Gasteiger charge is 2.59. The Morgan fingerprint density at radius 1 is 0.750 bits per heavy atom. The molecule has 0 amide bonds. The number of ether oxygens (including phenoxy) is 1. The van der Waals surface area contributed by atoms with Crippen LogP contribution in [0.4, 0.5) is 0 Å². The number of rotatable bonds is 11. The quantitative estimate of drug-likeness (QED) is 0.156. The van der Waals surface area contributed by atoms with E-state index in [0.717, 1.165) is 75.0 Å². The molecule has 5 N–H and O–H groups in total. The molecule has 4 rings (SSSR count). The number of methoxy groups -OCH3 is 1. The molecule has 3 unspecified atom stereocenters.